The molecule has 2 aromatic heterocycles. The van der Waals surface area contributed by atoms with Crippen LogP contribution in [0.2, 0.25) is 0 Å². The van der Waals surface area contributed by atoms with Crippen molar-refractivity contribution in [2.24, 2.45) is 11.7 Å². The lowest BCUT2D eigenvalue weighted by Crippen LogP contribution is -2.31. The average Bonchev–Trinajstić information content (AvgIpc) is 2.78. The van der Waals surface area contributed by atoms with Crippen molar-refractivity contribution in [2.45, 2.75) is 43.0 Å². The second kappa shape index (κ2) is 9.98. The van der Waals surface area contributed by atoms with Gasteiger partial charge in [0.2, 0.25) is 0 Å². The Morgan fingerprint density at radius 2 is 1.75 bits per heavy atom. The molecule has 0 unspecified atom stereocenters. The summed E-state index contributed by atoms with van der Waals surface area (Å²) in [5, 5.41) is 2.72. The van der Waals surface area contributed by atoms with E-state index in [1.165, 1.54) is 6.20 Å². The van der Waals surface area contributed by atoms with Gasteiger partial charge in [-0.3, -0.25) is 9.78 Å². The van der Waals surface area contributed by atoms with Crippen LogP contribution in [0, 0.1) is 23.4 Å². The number of hydrogen-bond acceptors (Lipinski definition) is 6. The first-order chi connectivity index (χ1) is 16.9. The molecular formula is C25H25F3N4O3S. The summed E-state index contributed by atoms with van der Waals surface area (Å²) in [5.41, 5.74) is 5.58. The normalized spacial score (nSPS) is 20.2. The summed E-state index contributed by atoms with van der Waals surface area (Å²) in [7, 11) is -3.91. The minimum Gasteiger partial charge on any atom is -0.328 e. The molecule has 1 aliphatic rings. The van der Waals surface area contributed by atoms with E-state index in [-0.39, 0.29) is 17.7 Å². The highest BCUT2D eigenvalue weighted by Gasteiger charge is 2.28. The standard InChI is InChI=1S/C25H25F3N4O3S/c1-13-7-14(9-15(29)8-13)17-5-6-30-12-22(17)32-25(33)21-4-3-18(26)24(31-21)23-19(27)10-16(11-20(23)28)36(2,34)35/h3-6,10-15H,7-9,29H2,1-2H3,(H,32,33)/t13-,14+,15+/m0/s1. The number of rotatable bonds is 5. The van der Waals surface area contributed by atoms with Crippen LogP contribution in [0.5, 0.6) is 0 Å². The van der Waals surface area contributed by atoms with Crippen LogP contribution < -0.4 is 11.1 Å². The molecule has 36 heavy (non-hydrogen) atoms. The topological polar surface area (TPSA) is 115 Å². The third-order valence-electron chi connectivity index (χ3n) is 6.28. The maximum Gasteiger partial charge on any atom is 0.274 e. The second-order valence-electron chi connectivity index (χ2n) is 9.25. The van der Waals surface area contributed by atoms with Crippen molar-refractivity contribution >= 4 is 21.4 Å². The molecule has 3 atom stereocenters. The molecule has 0 radical (unpaired) electrons. The van der Waals surface area contributed by atoms with Gasteiger partial charge in [0.05, 0.1) is 22.3 Å². The van der Waals surface area contributed by atoms with E-state index in [0.717, 1.165) is 43.2 Å². The Labute approximate surface area is 206 Å². The smallest absolute Gasteiger partial charge is 0.274 e. The molecule has 1 aromatic carbocycles. The maximum atomic E-state index is 14.7. The zero-order valence-electron chi connectivity index (χ0n) is 19.6. The van der Waals surface area contributed by atoms with E-state index in [4.69, 9.17) is 5.73 Å². The Morgan fingerprint density at radius 3 is 2.39 bits per heavy atom. The first-order valence-electron chi connectivity index (χ1n) is 11.3. The highest BCUT2D eigenvalue weighted by molar-refractivity contribution is 7.90. The molecule has 1 saturated carbocycles. The van der Waals surface area contributed by atoms with Gasteiger partial charge in [0, 0.05) is 18.5 Å². The molecule has 0 spiro atoms. The van der Waals surface area contributed by atoms with Gasteiger partial charge in [0.25, 0.3) is 5.91 Å². The molecule has 0 aliphatic heterocycles. The largest absolute Gasteiger partial charge is 0.328 e. The molecule has 190 valence electrons. The second-order valence-corrected chi connectivity index (χ2v) is 11.3. The number of sulfone groups is 1. The molecule has 3 aromatic rings. The molecule has 2 heterocycles. The Balaban J connectivity index is 1.66. The molecule has 1 fully saturated rings. The highest BCUT2D eigenvalue weighted by Crippen LogP contribution is 2.38. The molecule has 4 rings (SSSR count). The number of nitrogens with zero attached hydrogens (tertiary/aromatic N) is 2. The Hall–Kier alpha value is -3.31. The van der Waals surface area contributed by atoms with Gasteiger partial charge in [-0.25, -0.2) is 26.6 Å². The lowest BCUT2D eigenvalue weighted by Gasteiger charge is -2.32. The molecule has 3 N–H and O–H groups in total. The number of anilines is 1. The van der Waals surface area contributed by atoms with Crippen LogP contribution in [0.4, 0.5) is 18.9 Å². The van der Waals surface area contributed by atoms with Crippen molar-refractivity contribution in [1.29, 1.82) is 0 Å². The van der Waals surface area contributed by atoms with Crippen molar-refractivity contribution in [3.05, 3.63) is 71.4 Å². The summed E-state index contributed by atoms with van der Waals surface area (Å²) in [4.78, 5) is 20.4. The fraction of sp³-hybridized carbons (Fsp3) is 0.320. The third-order valence-corrected chi connectivity index (χ3v) is 7.37. The Kier molecular flexibility index (Phi) is 7.14. The minimum atomic E-state index is -3.91. The van der Waals surface area contributed by atoms with Gasteiger partial charge in [0.1, 0.15) is 28.8 Å². The summed E-state index contributed by atoms with van der Waals surface area (Å²) in [5.74, 6) is -3.93. The van der Waals surface area contributed by atoms with E-state index in [2.05, 4.69) is 22.2 Å². The molecule has 1 aliphatic carbocycles. The van der Waals surface area contributed by atoms with Crippen LogP contribution in [0.3, 0.4) is 0 Å². The van der Waals surface area contributed by atoms with Gasteiger partial charge >= 0.3 is 0 Å². The third kappa shape index (κ3) is 5.41. The van der Waals surface area contributed by atoms with Crippen LogP contribution in [0.15, 0.2) is 47.6 Å². The number of halogens is 3. The summed E-state index contributed by atoms with van der Waals surface area (Å²) in [6.45, 7) is 2.12. The molecular weight excluding hydrogens is 493 g/mol. The average molecular weight is 519 g/mol. The van der Waals surface area contributed by atoms with Crippen molar-refractivity contribution in [3.63, 3.8) is 0 Å². The van der Waals surface area contributed by atoms with Crippen LogP contribution in [-0.2, 0) is 9.84 Å². The fourth-order valence-electron chi connectivity index (χ4n) is 4.70. The van der Waals surface area contributed by atoms with Gasteiger partial charge in [-0.15, -0.1) is 0 Å². The van der Waals surface area contributed by atoms with Crippen LogP contribution in [0.1, 0.15) is 48.2 Å². The number of nitrogens with two attached hydrogens (primary N) is 1. The van der Waals surface area contributed by atoms with Crippen LogP contribution in [0.25, 0.3) is 11.3 Å². The van der Waals surface area contributed by atoms with Crippen molar-refractivity contribution < 1.29 is 26.4 Å². The monoisotopic (exact) mass is 518 g/mol. The van der Waals surface area contributed by atoms with Crippen molar-refractivity contribution in [1.82, 2.24) is 9.97 Å². The quantitative estimate of drug-likeness (QED) is 0.516. The lowest BCUT2D eigenvalue weighted by molar-refractivity contribution is 0.102. The number of carbonyl (C=O) groups excluding carboxylic acids is 1. The maximum absolute atomic E-state index is 14.7. The van der Waals surface area contributed by atoms with E-state index in [0.29, 0.717) is 23.7 Å². The van der Waals surface area contributed by atoms with E-state index in [9.17, 15) is 26.4 Å². The first-order valence-corrected chi connectivity index (χ1v) is 13.2. The number of pyridine rings is 2. The molecule has 0 bridgehead atoms. The minimum absolute atomic E-state index is 0.0377. The lowest BCUT2D eigenvalue weighted by atomic mass is 9.76. The molecule has 1 amide bonds. The summed E-state index contributed by atoms with van der Waals surface area (Å²) < 4.78 is 67.2. The van der Waals surface area contributed by atoms with Gasteiger partial charge in [-0.1, -0.05) is 6.92 Å². The number of aromatic nitrogens is 2. The number of amides is 1. The van der Waals surface area contributed by atoms with E-state index < -0.39 is 49.3 Å². The predicted octanol–water partition coefficient (Wildman–Crippen LogP) is 4.45. The number of hydrogen-bond donors (Lipinski definition) is 2. The number of nitrogens with one attached hydrogen (secondary N) is 1. The Bertz CT molecular complexity index is 1400. The van der Waals surface area contributed by atoms with Gasteiger partial charge < -0.3 is 11.1 Å². The van der Waals surface area contributed by atoms with Gasteiger partial charge in [-0.05, 0) is 67.0 Å². The predicted molar refractivity (Wildman–Crippen MR) is 129 cm³/mol. The Morgan fingerprint density at radius 1 is 1.06 bits per heavy atom. The number of carbonyl (C=O) groups is 1. The molecule has 11 heteroatoms. The van der Waals surface area contributed by atoms with E-state index >= 15 is 0 Å². The van der Waals surface area contributed by atoms with Gasteiger partial charge in [0.15, 0.2) is 9.84 Å². The zero-order valence-corrected chi connectivity index (χ0v) is 20.4. The fourth-order valence-corrected chi connectivity index (χ4v) is 5.33. The van der Waals surface area contributed by atoms with Crippen molar-refractivity contribution in [2.75, 3.05) is 11.6 Å². The first kappa shape index (κ1) is 25.8. The number of benzene rings is 1. The summed E-state index contributed by atoms with van der Waals surface area (Å²) in [6.07, 6.45) is 6.46. The van der Waals surface area contributed by atoms with E-state index in [1.54, 1.807) is 6.20 Å². The zero-order chi connectivity index (χ0) is 26.2. The van der Waals surface area contributed by atoms with Crippen molar-refractivity contribution in [3.8, 4) is 11.3 Å². The molecule has 7 nitrogen and oxygen atoms in total. The van der Waals surface area contributed by atoms with Crippen LogP contribution >= 0.6 is 0 Å². The molecule has 0 saturated heterocycles. The summed E-state index contributed by atoms with van der Waals surface area (Å²) in [6, 6.07) is 4.97. The SMILES string of the molecule is C[C@@H]1C[C@@H](N)C[C@H](c2ccncc2NC(=O)c2ccc(F)c(-c3c(F)cc(S(C)(=O)=O)cc3F)n2)C1. The highest BCUT2D eigenvalue weighted by atomic mass is 32.2. The summed E-state index contributed by atoms with van der Waals surface area (Å²) >= 11 is 0. The van der Waals surface area contributed by atoms with Gasteiger partial charge in [-0.2, -0.15) is 0 Å². The van der Waals surface area contributed by atoms with Crippen LogP contribution in [-0.4, -0.2) is 36.6 Å². The van der Waals surface area contributed by atoms with E-state index in [1.807, 2.05) is 6.07 Å².